The van der Waals surface area contributed by atoms with Crippen molar-refractivity contribution in [3.05, 3.63) is 130 Å². The molecule has 0 aliphatic rings. The van der Waals surface area contributed by atoms with Crippen molar-refractivity contribution in [1.82, 2.24) is 10.2 Å². The van der Waals surface area contributed by atoms with Gasteiger partial charge in [-0.15, -0.1) is 0 Å². The van der Waals surface area contributed by atoms with Crippen LogP contribution in [0.25, 0.3) is 0 Å². The molecule has 0 bridgehead atoms. The predicted octanol–water partition coefficient (Wildman–Crippen LogP) is 7.05. The van der Waals surface area contributed by atoms with Crippen molar-refractivity contribution >= 4 is 50.7 Å². The van der Waals surface area contributed by atoms with Crippen LogP contribution < -0.4 is 9.62 Å². The lowest BCUT2D eigenvalue weighted by Crippen LogP contribution is -2.54. The molecule has 0 aliphatic carbocycles. The molecule has 2 atom stereocenters. The summed E-state index contributed by atoms with van der Waals surface area (Å²) in [6.07, 6.45) is 0.937. The summed E-state index contributed by atoms with van der Waals surface area (Å²) in [5.74, 6) is -0.859. The second-order valence-electron chi connectivity index (χ2n) is 11.0. The highest BCUT2D eigenvalue weighted by atomic mass is 35.5. The number of carbonyl (C=O) groups excluding carboxylic acids is 2. The first-order chi connectivity index (χ1) is 21.5. The minimum Gasteiger partial charge on any atom is -0.352 e. The number of nitrogens with zero attached hydrogens (tertiary/aromatic N) is 2. The fraction of sp³-hybridized carbons (Fsp3) is 0.257. The number of hydrogen-bond donors (Lipinski definition) is 1. The van der Waals surface area contributed by atoms with E-state index in [1.165, 1.54) is 29.2 Å². The fourth-order valence-corrected chi connectivity index (χ4v) is 6.49. The Morgan fingerprint density at radius 3 is 2.04 bits per heavy atom. The van der Waals surface area contributed by atoms with E-state index >= 15 is 0 Å². The molecule has 0 saturated carbocycles. The van der Waals surface area contributed by atoms with Crippen LogP contribution in [0.5, 0.6) is 0 Å². The third-order valence-electron chi connectivity index (χ3n) is 7.51. The van der Waals surface area contributed by atoms with Crippen LogP contribution >= 0.6 is 23.2 Å². The van der Waals surface area contributed by atoms with Gasteiger partial charge >= 0.3 is 0 Å². The number of anilines is 1. The lowest BCUT2D eigenvalue weighted by molar-refractivity contribution is -0.140. The van der Waals surface area contributed by atoms with Crippen LogP contribution in [-0.2, 0) is 32.6 Å². The Bertz CT molecular complexity index is 1700. The van der Waals surface area contributed by atoms with E-state index in [9.17, 15) is 18.0 Å². The van der Waals surface area contributed by atoms with Gasteiger partial charge in [0.2, 0.25) is 11.8 Å². The van der Waals surface area contributed by atoms with Crippen LogP contribution in [0.15, 0.2) is 108 Å². The van der Waals surface area contributed by atoms with Crippen molar-refractivity contribution in [3.8, 4) is 0 Å². The van der Waals surface area contributed by atoms with Gasteiger partial charge in [0.1, 0.15) is 12.6 Å². The molecule has 0 fully saturated rings. The molecule has 4 aromatic carbocycles. The van der Waals surface area contributed by atoms with Crippen LogP contribution in [0, 0.1) is 6.92 Å². The Labute approximate surface area is 275 Å². The molecule has 0 heterocycles. The maximum absolute atomic E-state index is 14.5. The van der Waals surface area contributed by atoms with Gasteiger partial charge in [-0.1, -0.05) is 84.7 Å². The zero-order chi connectivity index (χ0) is 32.6. The number of benzene rings is 4. The molecular formula is C35H37Cl2N3O4S. The number of halogens is 2. The van der Waals surface area contributed by atoms with Gasteiger partial charge in [0.25, 0.3) is 10.0 Å². The van der Waals surface area contributed by atoms with Crippen LogP contribution in [0.1, 0.15) is 37.0 Å². The quantitative estimate of drug-likeness (QED) is 0.166. The molecule has 1 N–H and O–H groups in total. The van der Waals surface area contributed by atoms with Gasteiger partial charge in [0, 0.05) is 29.1 Å². The van der Waals surface area contributed by atoms with Crippen molar-refractivity contribution in [2.45, 2.75) is 57.1 Å². The number of sulfonamides is 1. The minimum atomic E-state index is -4.21. The van der Waals surface area contributed by atoms with E-state index in [0.29, 0.717) is 22.2 Å². The Kier molecular flexibility index (Phi) is 11.7. The van der Waals surface area contributed by atoms with Crippen LogP contribution in [0.3, 0.4) is 0 Å². The molecule has 7 nitrogen and oxygen atoms in total. The highest BCUT2D eigenvalue weighted by Gasteiger charge is 2.35. The van der Waals surface area contributed by atoms with Gasteiger partial charge < -0.3 is 10.2 Å². The van der Waals surface area contributed by atoms with Crippen LogP contribution in [0.2, 0.25) is 10.0 Å². The van der Waals surface area contributed by atoms with Crippen molar-refractivity contribution in [3.63, 3.8) is 0 Å². The normalized spacial score (nSPS) is 12.6. The molecule has 0 saturated heterocycles. The van der Waals surface area contributed by atoms with Gasteiger partial charge in [-0.3, -0.25) is 13.9 Å². The maximum Gasteiger partial charge on any atom is 0.264 e. The first kappa shape index (κ1) is 34.0. The Balaban J connectivity index is 1.80. The highest BCUT2D eigenvalue weighted by Crippen LogP contribution is 2.27. The molecule has 0 aromatic heterocycles. The lowest BCUT2D eigenvalue weighted by atomic mass is 10.0. The fourth-order valence-electron chi connectivity index (χ4n) is 4.83. The zero-order valence-corrected chi connectivity index (χ0v) is 27.8. The molecule has 45 heavy (non-hydrogen) atoms. The van der Waals surface area contributed by atoms with E-state index < -0.39 is 28.5 Å². The lowest BCUT2D eigenvalue weighted by Gasteiger charge is -2.34. The first-order valence-electron chi connectivity index (χ1n) is 14.7. The molecule has 0 spiro atoms. The summed E-state index contributed by atoms with van der Waals surface area (Å²) >= 11 is 12.2. The number of amides is 2. The van der Waals surface area contributed by atoms with Gasteiger partial charge in [0.05, 0.1) is 10.6 Å². The molecule has 10 heteroatoms. The summed E-state index contributed by atoms with van der Waals surface area (Å²) < 4.78 is 29.3. The topological polar surface area (TPSA) is 86.8 Å². The van der Waals surface area contributed by atoms with E-state index in [1.807, 2.05) is 57.2 Å². The number of aryl methyl sites for hydroxylation is 1. The first-order valence-corrected chi connectivity index (χ1v) is 16.9. The van der Waals surface area contributed by atoms with Crippen LogP contribution in [0.4, 0.5) is 5.69 Å². The van der Waals surface area contributed by atoms with Crippen molar-refractivity contribution < 1.29 is 18.0 Å². The molecule has 236 valence electrons. The number of carbonyl (C=O) groups is 2. The summed E-state index contributed by atoms with van der Waals surface area (Å²) in [5.41, 5.74) is 2.75. The average molecular weight is 667 g/mol. The van der Waals surface area contributed by atoms with Crippen molar-refractivity contribution in [2.24, 2.45) is 0 Å². The van der Waals surface area contributed by atoms with E-state index in [4.69, 9.17) is 23.2 Å². The summed E-state index contributed by atoms with van der Waals surface area (Å²) in [7, 11) is -4.21. The number of hydrogen-bond acceptors (Lipinski definition) is 4. The monoisotopic (exact) mass is 665 g/mol. The summed E-state index contributed by atoms with van der Waals surface area (Å²) in [5, 5.41) is 3.96. The van der Waals surface area contributed by atoms with E-state index in [2.05, 4.69) is 5.32 Å². The van der Waals surface area contributed by atoms with Gasteiger partial charge in [0.15, 0.2) is 0 Å². The zero-order valence-electron chi connectivity index (χ0n) is 25.5. The van der Waals surface area contributed by atoms with E-state index in [0.717, 1.165) is 21.0 Å². The Morgan fingerprint density at radius 1 is 0.822 bits per heavy atom. The summed E-state index contributed by atoms with van der Waals surface area (Å²) in [4.78, 5) is 29.8. The Morgan fingerprint density at radius 2 is 1.44 bits per heavy atom. The van der Waals surface area contributed by atoms with Gasteiger partial charge in [-0.05, 0) is 85.5 Å². The third kappa shape index (κ3) is 9.10. The standard InChI is InChI=1S/C35H37Cl2N3O4S/c1-4-26(3)38-35(42)33(22-27-10-6-5-7-11-27)39(23-28-13-15-29(36)16-14-28)34(41)24-40(31-12-8-9-25(2)21-31)45(43,44)32-19-17-30(37)18-20-32/h5-21,26,33H,4,22-24H2,1-3H3,(H,38,42)/t26-,33-/m0/s1. The molecule has 0 unspecified atom stereocenters. The summed E-state index contributed by atoms with van der Waals surface area (Å²) in [6, 6.07) is 28.1. The van der Waals surface area contributed by atoms with E-state index in [-0.39, 0.29) is 29.8 Å². The van der Waals surface area contributed by atoms with Crippen molar-refractivity contribution in [1.29, 1.82) is 0 Å². The van der Waals surface area contributed by atoms with Gasteiger partial charge in [-0.25, -0.2) is 8.42 Å². The van der Waals surface area contributed by atoms with Gasteiger partial charge in [-0.2, -0.15) is 0 Å². The van der Waals surface area contributed by atoms with Crippen LogP contribution in [-0.4, -0.2) is 43.8 Å². The van der Waals surface area contributed by atoms with Crippen molar-refractivity contribution in [2.75, 3.05) is 10.8 Å². The number of nitrogens with one attached hydrogen (secondary N) is 1. The van der Waals surface area contributed by atoms with E-state index in [1.54, 1.807) is 42.5 Å². The molecule has 4 aromatic rings. The predicted molar refractivity (Wildman–Crippen MR) is 181 cm³/mol. The SMILES string of the molecule is CC[C@H](C)NC(=O)[C@H](Cc1ccccc1)N(Cc1ccc(Cl)cc1)C(=O)CN(c1cccc(C)c1)S(=O)(=O)c1ccc(Cl)cc1. The smallest absolute Gasteiger partial charge is 0.264 e. The maximum atomic E-state index is 14.5. The minimum absolute atomic E-state index is 0.0131. The summed E-state index contributed by atoms with van der Waals surface area (Å²) in [6.45, 7) is 5.24. The average Bonchev–Trinajstić information content (AvgIpc) is 3.02. The molecule has 2 amide bonds. The molecular weight excluding hydrogens is 629 g/mol. The molecule has 4 rings (SSSR count). The number of rotatable bonds is 13. The highest BCUT2D eigenvalue weighted by molar-refractivity contribution is 7.92. The molecule has 0 aliphatic heterocycles. The third-order valence-corrected chi connectivity index (χ3v) is 9.80. The molecule has 0 radical (unpaired) electrons. The second-order valence-corrected chi connectivity index (χ2v) is 13.7. The second kappa shape index (κ2) is 15.4. The Hall–Kier alpha value is -3.85. The largest absolute Gasteiger partial charge is 0.352 e.